The van der Waals surface area contributed by atoms with E-state index in [0.29, 0.717) is 29.3 Å². The van der Waals surface area contributed by atoms with Crippen molar-refractivity contribution in [2.45, 2.75) is 29.8 Å². The predicted octanol–water partition coefficient (Wildman–Crippen LogP) is 4.98. The van der Waals surface area contributed by atoms with Crippen LogP contribution in [0.3, 0.4) is 0 Å². The molecule has 1 fully saturated rings. The van der Waals surface area contributed by atoms with Gasteiger partial charge in [-0.1, -0.05) is 28.9 Å². The molecule has 0 N–H and O–H groups in total. The molecule has 0 amide bonds. The van der Waals surface area contributed by atoms with Crippen LogP contribution in [0.25, 0.3) is 11.4 Å². The minimum atomic E-state index is -4.42. The van der Waals surface area contributed by atoms with Crippen LogP contribution in [0.4, 0.5) is 13.2 Å². The molecular formula is C20H17ClF3N3O3S. The maximum atomic E-state index is 12.8. The monoisotopic (exact) mass is 471 g/mol. The van der Waals surface area contributed by atoms with Crippen molar-refractivity contribution in [3.8, 4) is 11.4 Å². The normalized spacial score (nSPS) is 16.5. The van der Waals surface area contributed by atoms with Crippen LogP contribution in [0.1, 0.15) is 30.2 Å². The molecule has 0 atom stereocenters. The summed E-state index contributed by atoms with van der Waals surface area (Å²) in [4.78, 5) is 4.49. The predicted molar refractivity (Wildman–Crippen MR) is 107 cm³/mol. The summed E-state index contributed by atoms with van der Waals surface area (Å²) in [6, 6.07) is 10.5. The first-order valence-electron chi connectivity index (χ1n) is 9.41. The van der Waals surface area contributed by atoms with Gasteiger partial charge in [-0.2, -0.15) is 22.5 Å². The Morgan fingerprint density at radius 2 is 1.61 bits per heavy atom. The molecule has 2 heterocycles. The second kappa shape index (κ2) is 8.25. The molecule has 6 nitrogen and oxygen atoms in total. The van der Waals surface area contributed by atoms with Crippen molar-refractivity contribution in [1.82, 2.24) is 14.4 Å². The number of hydrogen-bond acceptors (Lipinski definition) is 5. The number of sulfonamides is 1. The Hall–Kier alpha value is -2.43. The standard InChI is InChI=1S/C20H17ClF3N3O3S/c21-16-5-7-17(8-6-16)31(28,29)27-11-9-14(10-12-27)19-25-18(26-30-19)13-1-3-15(4-2-13)20(22,23)24/h1-8,14H,9-12H2. The Labute approximate surface area is 181 Å². The summed E-state index contributed by atoms with van der Waals surface area (Å²) in [5.74, 6) is 0.408. The molecule has 4 rings (SSSR count). The van der Waals surface area contributed by atoms with Gasteiger partial charge >= 0.3 is 6.18 Å². The lowest BCUT2D eigenvalue weighted by Gasteiger charge is -2.29. The van der Waals surface area contributed by atoms with E-state index in [4.69, 9.17) is 16.1 Å². The number of aromatic nitrogens is 2. The fourth-order valence-corrected chi connectivity index (χ4v) is 5.02. The summed E-state index contributed by atoms with van der Waals surface area (Å²) in [6.45, 7) is 0.571. The molecule has 0 bridgehead atoms. The SMILES string of the molecule is O=S(=O)(c1ccc(Cl)cc1)N1CCC(c2nc(-c3ccc(C(F)(F)F)cc3)no2)CC1. The highest BCUT2D eigenvalue weighted by atomic mass is 35.5. The lowest BCUT2D eigenvalue weighted by molar-refractivity contribution is -0.137. The van der Waals surface area contributed by atoms with Gasteiger partial charge in [0, 0.05) is 29.6 Å². The van der Waals surface area contributed by atoms with Gasteiger partial charge in [0.15, 0.2) is 0 Å². The zero-order chi connectivity index (χ0) is 22.2. The first-order valence-corrected chi connectivity index (χ1v) is 11.2. The van der Waals surface area contributed by atoms with Gasteiger partial charge in [0.1, 0.15) is 0 Å². The topological polar surface area (TPSA) is 76.3 Å². The molecule has 164 valence electrons. The van der Waals surface area contributed by atoms with Crippen LogP contribution in [0.5, 0.6) is 0 Å². The quantitative estimate of drug-likeness (QED) is 0.536. The zero-order valence-electron chi connectivity index (χ0n) is 16.0. The van der Waals surface area contributed by atoms with Crippen LogP contribution < -0.4 is 0 Å². The highest BCUT2D eigenvalue weighted by molar-refractivity contribution is 7.89. The van der Waals surface area contributed by atoms with E-state index in [1.54, 1.807) is 0 Å². The molecule has 0 radical (unpaired) electrons. The second-order valence-electron chi connectivity index (χ2n) is 7.16. The minimum absolute atomic E-state index is 0.132. The van der Waals surface area contributed by atoms with Gasteiger partial charge in [-0.05, 0) is 49.2 Å². The van der Waals surface area contributed by atoms with Crippen LogP contribution in [0.15, 0.2) is 57.9 Å². The molecule has 1 aliphatic heterocycles. The molecule has 2 aromatic carbocycles. The average Bonchev–Trinajstić information content (AvgIpc) is 3.24. The summed E-state index contributed by atoms with van der Waals surface area (Å²) >= 11 is 5.83. The summed E-state index contributed by atoms with van der Waals surface area (Å²) in [5, 5.41) is 4.32. The van der Waals surface area contributed by atoms with Gasteiger partial charge < -0.3 is 4.52 Å². The molecule has 1 aromatic heterocycles. The summed E-state index contributed by atoms with van der Waals surface area (Å²) in [6.07, 6.45) is -3.44. The van der Waals surface area contributed by atoms with Crippen LogP contribution >= 0.6 is 11.6 Å². The van der Waals surface area contributed by atoms with Crippen molar-refractivity contribution in [3.63, 3.8) is 0 Å². The van der Waals surface area contributed by atoms with E-state index in [9.17, 15) is 21.6 Å². The highest BCUT2D eigenvalue weighted by Gasteiger charge is 2.33. The van der Waals surface area contributed by atoms with Gasteiger partial charge in [-0.25, -0.2) is 8.42 Å². The fraction of sp³-hybridized carbons (Fsp3) is 0.300. The van der Waals surface area contributed by atoms with E-state index in [-0.39, 0.29) is 29.7 Å². The molecule has 1 aliphatic rings. The number of benzene rings is 2. The Morgan fingerprint density at radius 1 is 1.00 bits per heavy atom. The maximum absolute atomic E-state index is 12.8. The maximum Gasteiger partial charge on any atom is 0.416 e. The van der Waals surface area contributed by atoms with E-state index < -0.39 is 21.8 Å². The van der Waals surface area contributed by atoms with Crippen molar-refractivity contribution in [3.05, 3.63) is 65.0 Å². The summed E-state index contributed by atoms with van der Waals surface area (Å²) in [7, 11) is -3.62. The van der Waals surface area contributed by atoms with Gasteiger partial charge in [0.25, 0.3) is 0 Å². The first-order chi connectivity index (χ1) is 14.6. The third kappa shape index (κ3) is 4.60. The third-order valence-corrected chi connectivity index (χ3v) is 7.33. The molecule has 0 saturated carbocycles. The number of hydrogen-bond donors (Lipinski definition) is 0. The van der Waals surface area contributed by atoms with Gasteiger partial charge in [0.05, 0.1) is 10.5 Å². The van der Waals surface area contributed by atoms with Crippen molar-refractivity contribution < 1.29 is 26.1 Å². The van der Waals surface area contributed by atoms with Crippen molar-refractivity contribution in [2.75, 3.05) is 13.1 Å². The van der Waals surface area contributed by atoms with Crippen LogP contribution in [-0.2, 0) is 16.2 Å². The van der Waals surface area contributed by atoms with Crippen LogP contribution in [0.2, 0.25) is 5.02 Å². The molecule has 0 spiro atoms. The molecule has 0 unspecified atom stereocenters. The number of halogens is 4. The van der Waals surface area contributed by atoms with E-state index in [1.165, 1.54) is 40.7 Å². The van der Waals surface area contributed by atoms with Crippen LogP contribution in [-0.4, -0.2) is 36.0 Å². The second-order valence-corrected chi connectivity index (χ2v) is 9.54. The molecule has 1 saturated heterocycles. The van der Waals surface area contributed by atoms with E-state index >= 15 is 0 Å². The average molecular weight is 472 g/mol. The summed E-state index contributed by atoms with van der Waals surface area (Å²) in [5.41, 5.74) is -0.347. The van der Waals surface area contributed by atoms with E-state index in [1.807, 2.05) is 0 Å². The van der Waals surface area contributed by atoms with Gasteiger partial charge in [-0.3, -0.25) is 0 Å². The number of piperidine rings is 1. The molecule has 0 aliphatic carbocycles. The van der Waals surface area contributed by atoms with Crippen molar-refractivity contribution in [1.29, 1.82) is 0 Å². The van der Waals surface area contributed by atoms with Gasteiger partial charge in [-0.15, -0.1) is 0 Å². The Morgan fingerprint density at radius 3 is 2.19 bits per heavy atom. The van der Waals surface area contributed by atoms with E-state index in [0.717, 1.165) is 12.1 Å². The molecule has 31 heavy (non-hydrogen) atoms. The fourth-order valence-electron chi connectivity index (χ4n) is 3.43. The summed E-state index contributed by atoms with van der Waals surface area (Å²) < 4.78 is 70.4. The van der Waals surface area contributed by atoms with Crippen molar-refractivity contribution in [2.24, 2.45) is 0 Å². The van der Waals surface area contributed by atoms with Crippen molar-refractivity contribution >= 4 is 21.6 Å². The Kier molecular flexibility index (Phi) is 5.80. The lowest BCUT2D eigenvalue weighted by atomic mass is 9.98. The van der Waals surface area contributed by atoms with Crippen LogP contribution in [0, 0.1) is 0 Å². The highest BCUT2D eigenvalue weighted by Crippen LogP contribution is 2.33. The molecular weight excluding hydrogens is 455 g/mol. The molecule has 11 heteroatoms. The largest absolute Gasteiger partial charge is 0.416 e. The number of rotatable bonds is 4. The third-order valence-electron chi connectivity index (χ3n) is 5.17. The Bertz CT molecular complexity index is 1150. The zero-order valence-corrected chi connectivity index (χ0v) is 17.6. The Balaban J connectivity index is 1.43. The lowest BCUT2D eigenvalue weighted by Crippen LogP contribution is -2.37. The minimum Gasteiger partial charge on any atom is -0.339 e. The number of nitrogens with zero attached hydrogens (tertiary/aromatic N) is 3. The van der Waals surface area contributed by atoms with E-state index in [2.05, 4.69) is 10.1 Å². The smallest absolute Gasteiger partial charge is 0.339 e. The van der Waals surface area contributed by atoms with Gasteiger partial charge in [0.2, 0.25) is 21.7 Å². The molecule has 3 aromatic rings. The first kappa shape index (κ1) is 21.8. The number of alkyl halides is 3.